The van der Waals surface area contributed by atoms with Gasteiger partial charge in [-0.3, -0.25) is 19.6 Å². The van der Waals surface area contributed by atoms with Gasteiger partial charge in [-0.25, -0.2) is 4.79 Å². The Labute approximate surface area is 120 Å². The molecule has 0 unspecified atom stereocenters. The number of aromatic nitrogens is 2. The van der Waals surface area contributed by atoms with Crippen LogP contribution in [0.25, 0.3) is 0 Å². The van der Waals surface area contributed by atoms with E-state index in [-0.39, 0.29) is 24.5 Å². The van der Waals surface area contributed by atoms with Crippen molar-refractivity contribution in [1.82, 2.24) is 15.1 Å². The van der Waals surface area contributed by atoms with E-state index in [4.69, 9.17) is 4.74 Å². The van der Waals surface area contributed by atoms with Crippen molar-refractivity contribution in [3.63, 3.8) is 0 Å². The number of hydrogen-bond donors (Lipinski definition) is 1. The second kappa shape index (κ2) is 7.17. The molecule has 0 saturated heterocycles. The van der Waals surface area contributed by atoms with E-state index >= 15 is 0 Å². The normalized spacial score (nSPS) is 11.1. The van der Waals surface area contributed by atoms with Gasteiger partial charge in [0.25, 0.3) is 0 Å². The second-order valence-corrected chi connectivity index (χ2v) is 4.18. The number of allylic oxidation sites excluding steroid dienone is 1. The fourth-order valence-corrected chi connectivity index (χ4v) is 1.57. The number of nitro groups is 1. The second-order valence-electron chi connectivity index (χ2n) is 4.18. The van der Waals surface area contributed by atoms with Gasteiger partial charge in [0, 0.05) is 11.8 Å². The van der Waals surface area contributed by atoms with E-state index in [1.54, 1.807) is 6.92 Å². The maximum atomic E-state index is 11.7. The summed E-state index contributed by atoms with van der Waals surface area (Å²) in [7, 11) is 0. The molecule has 9 nitrogen and oxygen atoms in total. The minimum Gasteiger partial charge on any atom is -0.463 e. The van der Waals surface area contributed by atoms with E-state index in [9.17, 15) is 19.7 Å². The van der Waals surface area contributed by atoms with Gasteiger partial charge >= 0.3 is 11.7 Å². The average molecular weight is 296 g/mol. The van der Waals surface area contributed by atoms with Gasteiger partial charge < -0.3 is 10.1 Å². The SMILES string of the molecule is CCOC(=O)/C=C(\C)NC(=O)Cn1cc([N+](=O)[O-])c(C)n1. The lowest BCUT2D eigenvalue weighted by atomic mass is 10.4. The van der Waals surface area contributed by atoms with Gasteiger partial charge in [-0.2, -0.15) is 5.10 Å². The summed E-state index contributed by atoms with van der Waals surface area (Å²) in [6, 6.07) is 0. The Morgan fingerprint density at radius 2 is 2.24 bits per heavy atom. The van der Waals surface area contributed by atoms with E-state index in [1.807, 2.05) is 0 Å². The Balaban J connectivity index is 2.63. The standard InChI is InChI=1S/C12H16N4O5/c1-4-21-12(18)5-8(2)13-11(17)7-15-6-10(16(19)20)9(3)14-15/h5-6H,4,7H2,1-3H3,(H,13,17)/b8-5+. The summed E-state index contributed by atoms with van der Waals surface area (Å²) < 4.78 is 5.87. The quantitative estimate of drug-likeness (QED) is 0.357. The Hall–Kier alpha value is -2.71. The molecule has 1 amide bonds. The Kier molecular flexibility index (Phi) is 5.58. The molecule has 1 rings (SSSR count). The molecule has 1 aromatic heterocycles. The number of nitrogens with zero attached hydrogens (tertiary/aromatic N) is 3. The topological polar surface area (TPSA) is 116 Å². The van der Waals surface area contributed by atoms with Gasteiger partial charge in [0.1, 0.15) is 18.4 Å². The number of ether oxygens (including phenoxy) is 1. The van der Waals surface area contributed by atoms with E-state index in [0.717, 1.165) is 6.08 Å². The third kappa shape index (κ3) is 5.05. The molecular formula is C12H16N4O5. The summed E-state index contributed by atoms with van der Waals surface area (Å²) in [6.45, 7) is 4.74. The molecule has 0 saturated carbocycles. The predicted octanol–water partition coefficient (Wildman–Crippen LogP) is 0.683. The number of rotatable bonds is 6. The smallest absolute Gasteiger partial charge is 0.332 e. The lowest BCUT2D eigenvalue weighted by molar-refractivity contribution is -0.385. The van der Waals surface area contributed by atoms with Crippen molar-refractivity contribution in [3.05, 3.63) is 33.8 Å². The molecule has 0 radical (unpaired) electrons. The molecule has 1 heterocycles. The van der Waals surface area contributed by atoms with Crippen LogP contribution in [0.5, 0.6) is 0 Å². The fourth-order valence-electron chi connectivity index (χ4n) is 1.57. The zero-order valence-corrected chi connectivity index (χ0v) is 12.0. The molecule has 0 spiro atoms. The van der Waals surface area contributed by atoms with E-state index in [2.05, 4.69) is 10.4 Å². The van der Waals surface area contributed by atoms with Crippen molar-refractivity contribution < 1.29 is 19.2 Å². The number of nitrogens with one attached hydrogen (secondary N) is 1. The van der Waals surface area contributed by atoms with Gasteiger partial charge in [-0.05, 0) is 20.8 Å². The minimum atomic E-state index is -0.567. The number of carbonyl (C=O) groups is 2. The van der Waals surface area contributed by atoms with Crippen molar-refractivity contribution >= 4 is 17.6 Å². The highest BCUT2D eigenvalue weighted by Crippen LogP contribution is 2.14. The van der Waals surface area contributed by atoms with Crippen molar-refractivity contribution in [1.29, 1.82) is 0 Å². The summed E-state index contributed by atoms with van der Waals surface area (Å²) in [6.07, 6.45) is 2.33. The molecular weight excluding hydrogens is 280 g/mol. The molecule has 0 bridgehead atoms. The zero-order valence-electron chi connectivity index (χ0n) is 12.0. The molecule has 0 aliphatic rings. The lowest BCUT2D eigenvalue weighted by Crippen LogP contribution is -2.26. The van der Waals surface area contributed by atoms with Gasteiger partial charge in [0.2, 0.25) is 5.91 Å². The van der Waals surface area contributed by atoms with Crippen LogP contribution in [0.4, 0.5) is 5.69 Å². The Morgan fingerprint density at radius 1 is 1.57 bits per heavy atom. The lowest BCUT2D eigenvalue weighted by Gasteiger charge is -2.05. The first-order valence-electron chi connectivity index (χ1n) is 6.16. The largest absolute Gasteiger partial charge is 0.463 e. The number of hydrogen-bond acceptors (Lipinski definition) is 6. The van der Waals surface area contributed by atoms with Crippen LogP contribution in [0, 0.1) is 17.0 Å². The Morgan fingerprint density at radius 3 is 2.76 bits per heavy atom. The zero-order chi connectivity index (χ0) is 16.0. The predicted molar refractivity (Wildman–Crippen MR) is 72.2 cm³/mol. The van der Waals surface area contributed by atoms with Crippen LogP contribution in [0.1, 0.15) is 19.5 Å². The molecule has 1 N–H and O–H groups in total. The number of amides is 1. The highest BCUT2D eigenvalue weighted by Gasteiger charge is 2.16. The van der Waals surface area contributed by atoms with Crippen LogP contribution in [-0.4, -0.2) is 33.2 Å². The highest BCUT2D eigenvalue weighted by molar-refractivity contribution is 5.84. The van der Waals surface area contributed by atoms with Crippen LogP contribution in [0.15, 0.2) is 18.0 Å². The molecule has 21 heavy (non-hydrogen) atoms. The summed E-state index contributed by atoms with van der Waals surface area (Å²) in [4.78, 5) is 33.0. The molecule has 9 heteroatoms. The Bertz CT molecular complexity index is 590. The fraction of sp³-hybridized carbons (Fsp3) is 0.417. The van der Waals surface area contributed by atoms with Crippen molar-refractivity contribution in [2.45, 2.75) is 27.3 Å². The maximum absolute atomic E-state index is 11.7. The van der Waals surface area contributed by atoms with E-state index in [0.29, 0.717) is 5.70 Å². The highest BCUT2D eigenvalue weighted by atomic mass is 16.6. The van der Waals surface area contributed by atoms with Crippen LogP contribution in [0.3, 0.4) is 0 Å². The first-order valence-corrected chi connectivity index (χ1v) is 6.16. The summed E-state index contributed by atoms with van der Waals surface area (Å²) in [5, 5.41) is 17.0. The molecule has 114 valence electrons. The summed E-state index contributed by atoms with van der Waals surface area (Å²) in [5.41, 5.74) is 0.394. The molecule has 0 atom stereocenters. The van der Waals surface area contributed by atoms with Gasteiger partial charge in [0.05, 0.1) is 11.5 Å². The van der Waals surface area contributed by atoms with E-state index in [1.165, 1.54) is 24.7 Å². The van der Waals surface area contributed by atoms with Crippen molar-refractivity contribution in [2.24, 2.45) is 0 Å². The van der Waals surface area contributed by atoms with Gasteiger partial charge in [-0.15, -0.1) is 0 Å². The molecule has 0 aromatic carbocycles. The number of carbonyl (C=O) groups excluding carboxylic acids is 2. The average Bonchev–Trinajstić information content (AvgIpc) is 2.69. The number of esters is 1. The van der Waals surface area contributed by atoms with Crippen molar-refractivity contribution in [2.75, 3.05) is 6.61 Å². The summed E-state index contributed by atoms with van der Waals surface area (Å²) in [5.74, 6) is -1.01. The molecule has 0 aliphatic heterocycles. The first kappa shape index (κ1) is 16.3. The van der Waals surface area contributed by atoms with Crippen molar-refractivity contribution in [3.8, 4) is 0 Å². The third-order valence-electron chi connectivity index (χ3n) is 2.38. The van der Waals surface area contributed by atoms with E-state index < -0.39 is 16.8 Å². The van der Waals surface area contributed by atoms with Crippen LogP contribution in [-0.2, 0) is 20.9 Å². The van der Waals surface area contributed by atoms with Gasteiger partial charge in [0.15, 0.2) is 0 Å². The van der Waals surface area contributed by atoms with Crippen LogP contribution < -0.4 is 5.32 Å². The van der Waals surface area contributed by atoms with Crippen LogP contribution in [0.2, 0.25) is 0 Å². The maximum Gasteiger partial charge on any atom is 0.332 e. The third-order valence-corrected chi connectivity index (χ3v) is 2.38. The van der Waals surface area contributed by atoms with Crippen LogP contribution >= 0.6 is 0 Å². The van der Waals surface area contributed by atoms with Gasteiger partial charge in [-0.1, -0.05) is 0 Å². The monoisotopic (exact) mass is 296 g/mol. The number of aryl methyl sites for hydroxylation is 1. The molecule has 0 aliphatic carbocycles. The molecule has 1 aromatic rings. The first-order chi connectivity index (χ1) is 9.83. The molecule has 0 fully saturated rings. The minimum absolute atomic E-state index is 0.151. The summed E-state index contributed by atoms with van der Waals surface area (Å²) >= 11 is 0.